The minimum Gasteiger partial charge on any atom is -0.462 e. The quantitative estimate of drug-likeness (QED) is 0.216. The topological polar surface area (TPSA) is 40.5 Å². The summed E-state index contributed by atoms with van der Waals surface area (Å²) in [5, 5.41) is 0. The SMILES string of the molecule is CC(C)c1cc(-c2ccccc2)c(-c2ccc(F)cc2)n1CCC1CC(OCc2ccccc2)CC(=O)O1. The summed E-state index contributed by atoms with van der Waals surface area (Å²) in [7, 11) is 0. The van der Waals surface area contributed by atoms with Crippen LogP contribution in [0.2, 0.25) is 0 Å². The van der Waals surface area contributed by atoms with Gasteiger partial charge < -0.3 is 14.0 Å². The molecule has 1 aromatic heterocycles. The van der Waals surface area contributed by atoms with Crippen LogP contribution in [0.4, 0.5) is 4.39 Å². The highest BCUT2D eigenvalue weighted by molar-refractivity contribution is 5.83. The van der Waals surface area contributed by atoms with Gasteiger partial charge >= 0.3 is 5.97 Å². The second kappa shape index (κ2) is 11.8. The van der Waals surface area contributed by atoms with Crippen molar-refractivity contribution < 1.29 is 18.7 Å². The second-order valence-electron chi connectivity index (χ2n) is 10.3. The Labute approximate surface area is 224 Å². The van der Waals surface area contributed by atoms with Gasteiger partial charge in [-0.15, -0.1) is 0 Å². The summed E-state index contributed by atoms with van der Waals surface area (Å²) in [5.41, 5.74) is 6.54. The maximum absolute atomic E-state index is 13.8. The average molecular weight is 512 g/mol. The van der Waals surface area contributed by atoms with Gasteiger partial charge in [0, 0.05) is 30.6 Å². The predicted molar refractivity (Wildman–Crippen MR) is 148 cm³/mol. The summed E-state index contributed by atoms with van der Waals surface area (Å²) >= 11 is 0. The summed E-state index contributed by atoms with van der Waals surface area (Å²) < 4.78 is 28.0. The number of aromatic nitrogens is 1. The summed E-state index contributed by atoms with van der Waals surface area (Å²) in [6.07, 6.45) is 1.25. The number of hydrogen-bond acceptors (Lipinski definition) is 3. The molecule has 5 heteroatoms. The average Bonchev–Trinajstić information content (AvgIpc) is 3.32. The number of carbonyl (C=O) groups is 1. The van der Waals surface area contributed by atoms with E-state index < -0.39 is 0 Å². The van der Waals surface area contributed by atoms with E-state index >= 15 is 0 Å². The van der Waals surface area contributed by atoms with Gasteiger partial charge in [-0.25, -0.2) is 4.39 Å². The summed E-state index contributed by atoms with van der Waals surface area (Å²) in [5.74, 6) is -0.185. The molecule has 4 aromatic rings. The Morgan fingerprint density at radius 2 is 1.63 bits per heavy atom. The van der Waals surface area contributed by atoms with Gasteiger partial charge in [0.25, 0.3) is 0 Å². The molecule has 0 radical (unpaired) electrons. The van der Waals surface area contributed by atoms with E-state index in [1.54, 1.807) is 0 Å². The van der Waals surface area contributed by atoms with Crippen molar-refractivity contribution in [3.63, 3.8) is 0 Å². The van der Waals surface area contributed by atoms with Crippen LogP contribution in [0, 0.1) is 5.82 Å². The van der Waals surface area contributed by atoms with Crippen molar-refractivity contribution in [3.8, 4) is 22.4 Å². The highest BCUT2D eigenvalue weighted by Crippen LogP contribution is 2.38. The number of halogens is 1. The van der Waals surface area contributed by atoms with Crippen LogP contribution in [-0.2, 0) is 27.4 Å². The molecule has 38 heavy (non-hydrogen) atoms. The molecular weight excluding hydrogens is 477 g/mol. The van der Waals surface area contributed by atoms with E-state index in [4.69, 9.17) is 9.47 Å². The third kappa shape index (κ3) is 6.05. The fraction of sp³-hybridized carbons (Fsp3) is 0.303. The Morgan fingerprint density at radius 3 is 2.32 bits per heavy atom. The van der Waals surface area contributed by atoms with Gasteiger partial charge in [0.2, 0.25) is 0 Å². The Balaban J connectivity index is 1.40. The van der Waals surface area contributed by atoms with Crippen LogP contribution in [0.25, 0.3) is 22.4 Å². The Bertz CT molecular complexity index is 1350. The molecule has 2 atom stereocenters. The largest absolute Gasteiger partial charge is 0.462 e. The first-order chi connectivity index (χ1) is 18.5. The fourth-order valence-corrected chi connectivity index (χ4v) is 5.25. The van der Waals surface area contributed by atoms with Crippen molar-refractivity contribution in [3.05, 3.63) is 108 Å². The first-order valence-electron chi connectivity index (χ1n) is 13.4. The van der Waals surface area contributed by atoms with Crippen molar-refractivity contribution in [2.24, 2.45) is 0 Å². The lowest BCUT2D eigenvalue weighted by molar-refractivity contribution is -0.164. The van der Waals surface area contributed by atoms with Crippen LogP contribution in [0.3, 0.4) is 0 Å². The van der Waals surface area contributed by atoms with E-state index in [1.807, 2.05) is 60.7 Å². The number of carbonyl (C=O) groups excluding carboxylic acids is 1. The molecule has 1 saturated heterocycles. The summed E-state index contributed by atoms with van der Waals surface area (Å²) in [4.78, 5) is 12.4. The summed E-state index contributed by atoms with van der Waals surface area (Å²) in [6, 6.07) is 29.2. The molecule has 1 aliphatic heterocycles. The van der Waals surface area contributed by atoms with E-state index in [0.29, 0.717) is 26.0 Å². The molecule has 0 spiro atoms. The van der Waals surface area contributed by atoms with E-state index in [1.165, 1.54) is 17.8 Å². The highest BCUT2D eigenvalue weighted by atomic mass is 19.1. The van der Waals surface area contributed by atoms with Crippen LogP contribution < -0.4 is 0 Å². The number of nitrogens with zero attached hydrogens (tertiary/aromatic N) is 1. The predicted octanol–water partition coefficient (Wildman–Crippen LogP) is 7.77. The first kappa shape index (κ1) is 25.9. The molecule has 0 bridgehead atoms. The van der Waals surface area contributed by atoms with Crippen LogP contribution in [0.15, 0.2) is 91.0 Å². The zero-order valence-corrected chi connectivity index (χ0v) is 22.0. The third-order valence-corrected chi connectivity index (χ3v) is 7.14. The lowest BCUT2D eigenvalue weighted by Crippen LogP contribution is -2.35. The van der Waals surface area contributed by atoms with Gasteiger partial charge in [-0.05, 0) is 52.9 Å². The Hall–Kier alpha value is -3.70. The molecule has 0 aliphatic carbocycles. The van der Waals surface area contributed by atoms with E-state index in [-0.39, 0.29) is 36.3 Å². The van der Waals surface area contributed by atoms with E-state index in [9.17, 15) is 9.18 Å². The maximum Gasteiger partial charge on any atom is 0.308 e. The number of hydrogen-bond donors (Lipinski definition) is 0. The van der Waals surface area contributed by atoms with Gasteiger partial charge in [-0.1, -0.05) is 74.5 Å². The zero-order chi connectivity index (χ0) is 26.5. The molecule has 0 N–H and O–H groups in total. The first-order valence-corrected chi connectivity index (χ1v) is 13.4. The van der Waals surface area contributed by atoms with Gasteiger partial charge in [-0.3, -0.25) is 4.79 Å². The van der Waals surface area contributed by atoms with Crippen molar-refractivity contribution >= 4 is 5.97 Å². The molecule has 196 valence electrons. The normalized spacial score (nSPS) is 17.5. The van der Waals surface area contributed by atoms with Crippen LogP contribution in [0.5, 0.6) is 0 Å². The van der Waals surface area contributed by atoms with Crippen molar-refractivity contribution in [2.45, 2.75) is 64.4 Å². The van der Waals surface area contributed by atoms with Crippen LogP contribution in [0.1, 0.15) is 50.3 Å². The molecule has 1 fully saturated rings. The lowest BCUT2D eigenvalue weighted by Gasteiger charge is -2.29. The van der Waals surface area contributed by atoms with Crippen molar-refractivity contribution in [2.75, 3.05) is 0 Å². The molecule has 2 unspecified atom stereocenters. The minimum atomic E-state index is -0.257. The molecule has 0 amide bonds. The van der Waals surface area contributed by atoms with Crippen molar-refractivity contribution in [1.29, 1.82) is 0 Å². The molecule has 5 rings (SSSR count). The number of rotatable bonds is 9. The number of ether oxygens (including phenoxy) is 2. The van der Waals surface area contributed by atoms with Crippen LogP contribution in [-0.4, -0.2) is 22.7 Å². The van der Waals surface area contributed by atoms with E-state index in [0.717, 1.165) is 27.9 Å². The van der Waals surface area contributed by atoms with Gasteiger partial charge in [0.05, 0.1) is 24.8 Å². The number of cyclic esters (lactones) is 1. The summed E-state index contributed by atoms with van der Waals surface area (Å²) in [6.45, 7) is 5.53. The lowest BCUT2D eigenvalue weighted by atomic mass is 10.0. The standard InChI is InChI=1S/C33H34FNO3/c1-23(2)31-21-30(25-11-7-4-8-12-25)33(26-13-15-27(34)16-14-26)35(31)18-17-28-19-29(20-32(36)38-28)37-22-24-9-5-3-6-10-24/h3-16,21,23,28-29H,17-20,22H2,1-2H3. The van der Waals surface area contributed by atoms with E-state index in [2.05, 4.69) is 36.6 Å². The molecule has 3 aromatic carbocycles. The minimum absolute atomic E-state index is 0.160. The third-order valence-electron chi connectivity index (χ3n) is 7.14. The van der Waals surface area contributed by atoms with Gasteiger partial charge in [0.1, 0.15) is 11.9 Å². The maximum atomic E-state index is 13.8. The number of benzene rings is 3. The smallest absolute Gasteiger partial charge is 0.308 e. The molecule has 1 aliphatic rings. The number of esters is 1. The zero-order valence-electron chi connectivity index (χ0n) is 22.0. The molecule has 2 heterocycles. The van der Waals surface area contributed by atoms with Crippen molar-refractivity contribution in [1.82, 2.24) is 4.57 Å². The Morgan fingerprint density at radius 1 is 0.947 bits per heavy atom. The second-order valence-corrected chi connectivity index (χ2v) is 10.3. The molecule has 4 nitrogen and oxygen atoms in total. The highest BCUT2D eigenvalue weighted by Gasteiger charge is 2.30. The van der Waals surface area contributed by atoms with Gasteiger partial charge in [0.15, 0.2) is 0 Å². The molecule has 0 saturated carbocycles. The van der Waals surface area contributed by atoms with Gasteiger partial charge in [-0.2, -0.15) is 0 Å². The fourth-order valence-electron chi connectivity index (χ4n) is 5.25. The monoisotopic (exact) mass is 511 g/mol. The Kier molecular flexibility index (Phi) is 8.04. The van der Waals surface area contributed by atoms with Crippen LogP contribution >= 0.6 is 0 Å². The molecular formula is C33H34FNO3.